The fourth-order valence-corrected chi connectivity index (χ4v) is 3.71. The lowest BCUT2D eigenvalue weighted by Gasteiger charge is -2.09. The number of hydrogen-bond acceptors (Lipinski definition) is 4. The number of carbonyl (C=O) groups is 1. The molecule has 0 atom stereocenters. The lowest BCUT2D eigenvalue weighted by Crippen LogP contribution is -2.23. The Bertz CT molecular complexity index is 1060. The van der Waals surface area contributed by atoms with E-state index in [9.17, 15) is 13.2 Å². The van der Waals surface area contributed by atoms with E-state index in [1.165, 1.54) is 12.1 Å². The Morgan fingerprint density at radius 1 is 0.900 bits per heavy atom. The molecule has 0 radical (unpaired) electrons. The fourth-order valence-electron chi connectivity index (χ4n) is 2.69. The topological polar surface area (TPSA) is 84.5 Å². The average Bonchev–Trinajstić information content (AvgIpc) is 2.75. The van der Waals surface area contributed by atoms with E-state index >= 15 is 0 Å². The molecule has 0 spiro atoms. The molecule has 3 aromatic carbocycles. The Labute approximate surface area is 177 Å². The van der Waals surface area contributed by atoms with E-state index in [4.69, 9.17) is 4.74 Å². The van der Waals surface area contributed by atoms with Gasteiger partial charge in [0.1, 0.15) is 5.75 Å². The molecule has 2 N–H and O–H groups in total. The maximum absolute atomic E-state index is 12.4. The second kappa shape index (κ2) is 10.0. The molecule has 3 aromatic rings. The summed E-state index contributed by atoms with van der Waals surface area (Å²) in [5.41, 5.74) is 2.54. The van der Waals surface area contributed by atoms with Gasteiger partial charge in [-0.05, 0) is 48.9 Å². The number of anilines is 1. The summed E-state index contributed by atoms with van der Waals surface area (Å²) in [7, 11) is -3.63. The number of benzene rings is 3. The summed E-state index contributed by atoms with van der Waals surface area (Å²) in [5.74, 6) is 0.505. The molecule has 6 nitrogen and oxygen atoms in total. The summed E-state index contributed by atoms with van der Waals surface area (Å²) in [6.07, 6.45) is 0.187. The smallest absolute Gasteiger partial charge is 0.240 e. The Morgan fingerprint density at radius 2 is 1.57 bits per heavy atom. The van der Waals surface area contributed by atoms with E-state index in [1.54, 1.807) is 12.1 Å². The van der Waals surface area contributed by atoms with Gasteiger partial charge in [0.15, 0.2) is 0 Å². The Hall–Kier alpha value is -3.16. The molecule has 0 aromatic heterocycles. The summed E-state index contributed by atoms with van der Waals surface area (Å²) in [5, 5.41) is 2.74. The molecular weight excluding hydrogens is 400 g/mol. The molecule has 7 heteroatoms. The van der Waals surface area contributed by atoms with Gasteiger partial charge in [-0.2, -0.15) is 0 Å². The quantitative estimate of drug-likeness (QED) is 0.546. The van der Waals surface area contributed by atoms with Gasteiger partial charge in [0.2, 0.25) is 15.9 Å². The molecule has 0 unspecified atom stereocenters. The van der Waals surface area contributed by atoms with Gasteiger partial charge in [0, 0.05) is 12.2 Å². The van der Waals surface area contributed by atoms with Crippen molar-refractivity contribution in [3.05, 3.63) is 90.0 Å². The predicted molar refractivity (Wildman–Crippen MR) is 117 cm³/mol. The van der Waals surface area contributed by atoms with Gasteiger partial charge < -0.3 is 10.1 Å². The standard InChI is InChI=1S/C23H24N2O4S/c1-18-7-11-21(12-8-18)29-16-15-23(26)25-20-9-13-22(14-10-20)30(27,28)24-17-19-5-3-2-4-6-19/h2-14,24H,15-17H2,1H3,(H,25,26). The van der Waals surface area contributed by atoms with Gasteiger partial charge in [-0.3, -0.25) is 4.79 Å². The highest BCUT2D eigenvalue weighted by Gasteiger charge is 2.14. The highest BCUT2D eigenvalue weighted by atomic mass is 32.2. The summed E-state index contributed by atoms with van der Waals surface area (Å²) in [4.78, 5) is 12.2. The summed E-state index contributed by atoms with van der Waals surface area (Å²) >= 11 is 0. The van der Waals surface area contributed by atoms with E-state index in [-0.39, 0.29) is 30.4 Å². The van der Waals surface area contributed by atoms with Crippen LogP contribution in [0.25, 0.3) is 0 Å². The van der Waals surface area contributed by atoms with Crippen LogP contribution in [0.4, 0.5) is 5.69 Å². The molecule has 0 aliphatic rings. The van der Waals surface area contributed by atoms with Crippen molar-refractivity contribution in [2.75, 3.05) is 11.9 Å². The first-order valence-corrected chi connectivity index (χ1v) is 11.0. The van der Waals surface area contributed by atoms with Crippen LogP contribution in [0.2, 0.25) is 0 Å². The van der Waals surface area contributed by atoms with Crippen molar-refractivity contribution in [2.24, 2.45) is 0 Å². The van der Waals surface area contributed by atoms with Gasteiger partial charge in [-0.25, -0.2) is 13.1 Å². The number of hydrogen-bond donors (Lipinski definition) is 2. The second-order valence-corrected chi connectivity index (χ2v) is 8.56. The van der Waals surface area contributed by atoms with Gasteiger partial charge in [-0.15, -0.1) is 0 Å². The molecule has 0 heterocycles. The Kier molecular flexibility index (Phi) is 7.21. The van der Waals surface area contributed by atoms with Crippen molar-refractivity contribution in [1.29, 1.82) is 0 Å². The zero-order chi connectivity index (χ0) is 21.4. The van der Waals surface area contributed by atoms with Gasteiger partial charge in [0.25, 0.3) is 0 Å². The Balaban J connectivity index is 1.48. The second-order valence-electron chi connectivity index (χ2n) is 6.79. The maximum Gasteiger partial charge on any atom is 0.240 e. The minimum absolute atomic E-state index is 0.138. The van der Waals surface area contributed by atoms with Crippen molar-refractivity contribution < 1.29 is 17.9 Å². The van der Waals surface area contributed by atoms with Crippen LogP contribution in [0.5, 0.6) is 5.75 Å². The number of amides is 1. The molecule has 156 valence electrons. The van der Waals surface area contributed by atoms with E-state index in [0.717, 1.165) is 11.1 Å². The molecule has 0 saturated heterocycles. The molecule has 3 rings (SSSR count). The predicted octanol–water partition coefficient (Wildman–Crippen LogP) is 3.88. The van der Waals surface area contributed by atoms with Crippen LogP contribution >= 0.6 is 0 Å². The minimum atomic E-state index is -3.63. The molecule has 0 saturated carbocycles. The third-order valence-electron chi connectivity index (χ3n) is 4.38. The number of ether oxygens (including phenoxy) is 1. The molecule has 0 bridgehead atoms. The first-order chi connectivity index (χ1) is 14.4. The van der Waals surface area contributed by atoms with Crippen LogP contribution in [0.15, 0.2) is 83.8 Å². The van der Waals surface area contributed by atoms with Crippen LogP contribution in [-0.2, 0) is 21.4 Å². The lowest BCUT2D eigenvalue weighted by molar-refractivity contribution is -0.116. The van der Waals surface area contributed by atoms with Crippen LogP contribution in [0, 0.1) is 6.92 Å². The molecule has 30 heavy (non-hydrogen) atoms. The maximum atomic E-state index is 12.4. The zero-order valence-corrected chi connectivity index (χ0v) is 17.5. The number of aryl methyl sites for hydroxylation is 1. The number of sulfonamides is 1. The van der Waals surface area contributed by atoms with Crippen molar-refractivity contribution in [3.8, 4) is 5.75 Å². The Morgan fingerprint density at radius 3 is 2.23 bits per heavy atom. The van der Waals surface area contributed by atoms with Crippen LogP contribution < -0.4 is 14.8 Å². The summed E-state index contributed by atoms with van der Waals surface area (Å²) < 4.78 is 33.0. The van der Waals surface area contributed by atoms with Gasteiger partial charge in [-0.1, -0.05) is 48.0 Å². The van der Waals surface area contributed by atoms with Crippen LogP contribution in [0.3, 0.4) is 0 Å². The van der Waals surface area contributed by atoms with E-state index < -0.39 is 10.0 Å². The highest BCUT2D eigenvalue weighted by molar-refractivity contribution is 7.89. The van der Waals surface area contributed by atoms with Crippen molar-refractivity contribution in [1.82, 2.24) is 4.72 Å². The third kappa shape index (κ3) is 6.43. The lowest BCUT2D eigenvalue weighted by atomic mass is 10.2. The van der Waals surface area contributed by atoms with Crippen molar-refractivity contribution >= 4 is 21.6 Å². The molecule has 1 amide bonds. The monoisotopic (exact) mass is 424 g/mol. The number of carbonyl (C=O) groups excluding carboxylic acids is 1. The largest absolute Gasteiger partial charge is 0.493 e. The highest BCUT2D eigenvalue weighted by Crippen LogP contribution is 2.15. The molecule has 0 fully saturated rings. The van der Waals surface area contributed by atoms with E-state index in [0.29, 0.717) is 11.4 Å². The zero-order valence-electron chi connectivity index (χ0n) is 16.7. The first-order valence-electron chi connectivity index (χ1n) is 9.55. The first kappa shape index (κ1) is 21.5. The summed E-state index contributed by atoms with van der Waals surface area (Å²) in [6.45, 7) is 2.46. The summed E-state index contributed by atoms with van der Waals surface area (Å²) in [6, 6.07) is 23.0. The molecular formula is C23H24N2O4S. The van der Waals surface area contributed by atoms with Gasteiger partial charge >= 0.3 is 0 Å². The molecule has 0 aliphatic carbocycles. The molecule has 0 aliphatic heterocycles. The fraction of sp³-hybridized carbons (Fsp3) is 0.174. The van der Waals surface area contributed by atoms with Crippen LogP contribution in [-0.4, -0.2) is 20.9 Å². The van der Waals surface area contributed by atoms with E-state index in [2.05, 4.69) is 10.0 Å². The van der Waals surface area contributed by atoms with Crippen molar-refractivity contribution in [2.45, 2.75) is 24.8 Å². The van der Waals surface area contributed by atoms with E-state index in [1.807, 2.05) is 61.5 Å². The van der Waals surface area contributed by atoms with Gasteiger partial charge in [0.05, 0.1) is 17.9 Å². The average molecular weight is 425 g/mol. The minimum Gasteiger partial charge on any atom is -0.493 e. The van der Waals surface area contributed by atoms with Crippen molar-refractivity contribution in [3.63, 3.8) is 0 Å². The third-order valence-corrected chi connectivity index (χ3v) is 5.79. The number of nitrogens with one attached hydrogen (secondary N) is 2. The van der Waals surface area contributed by atoms with Crippen LogP contribution in [0.1, 0.15) is 17.5 Å². The number of rotatable bonds is 9. The normalized spacial score (nSPS) is 11.1. The SMILES string of the molecule is Cc1ccc(OCCC(=O)Nc2ccc(S(=O)(=O)NCc3ccccc3)cc2)cc1.